The molecule has 1 aromatic heterocycles. The van der Waals surface area contributed by atoms with E-state index < -0.39 is 0 Å². The number of aliphatic hydroxyl groups excluding tert-OH is 1. The molecule has 0 aliphatic rings. The second kappa shape index (κ2) is 14.3. The minimum absolute atomic E-state index is 0. The Labute approximate surface area is 137 Å². The molecule has 0 aromatic carbocycles. The smallest absolute Gasteiger partial charge is 0.171 e. The largest absolute Gasteiger partial charge is 1.00 e. The van der Waals surface area contributed by atoms with Crippen molar-refractivity contribution in [2.24, 2.45) is 0 Å². The summed E-state index contributed by atoms with van der Waals surface area (Å²) in [5, 5.41) is 8.69. The summed E-state index contributed by atoms with van der Waals surface area (Å²) in [5.74, 6) is 0. The van der Waals surface area contributed by atoms with Crippen LogP contribution in [0.15, 0.2) is 24.5 Å². The van der Waals surface area contributed by atoms with Crippen LogP contribution in [0.1, 0.15) is 69.8 Å². The van der Waals surface area contributed by atoms with E-state index in [1.807, 2.05) is 0 Å². The Morgan fingerprint density at radius 1 is 0.857 bits per heavy atom. The van der Waals surface area contributed by atoms with Crippen molar-refractivity contribution < 1.29 is 22.1 Å². The summed E-state index contributed by atoms with van der Waals surface area (Å²) in [6.45, 7) is 3.67. The Morgan fingerprint density at radius 2 is 1.38 bits per heavy atom. The lowest BCUT2D eigenvalue weighted by atomic mass is 10.1. The molecule has 0 unspecified atom stereocenters. The molecular weight excluding hydrogens is 282 g/mol. The van der Waals surface area contributed by atoms with Gasteiger partial charge in [-0.3, -0.25) is 0 Å². The van der Waals surface area contributed by atoms with Gasteiger partial charge in [0, 0.05) is 24.7 Å². The van der Waals surface area contributed by atoms with E-state index in [1.165, 1.54) is 63.4 Å². The highest BCUT2D eigenvalue weighted by molar-refractivity contribution is 5.01. The lowest BCUT2D eigenvalue weighted by molar-refractivity contribution is -0.697. The molecule has 21 heavy (non-hydrogen) atoms. The molecule has 0 saturated carbocycles. The predicted molar refractivity (Wildman–Crippen MR) is 84.6 cm³/mol. The monoisotopic (exact) mass is 313 g/mol. The van der Waals surface area contributed by atoms with E-state index in [2.05, 4.69) is 36.0 Å². The van der Waals surface area contributed by atoms with Crippen LogP contribution in [0.25, 0.3) is 0 Å². The normalized spacial score (nSPS) is 10.4. The fraction of sp³-hybridized carbons (Fsp3) is 0.722. The van der Waals surface area contributed by atoms with Gasteiger partial charge in [-0.05, 0) is 25.8 Å². The maximum Gasteiger partial charge on any atom is 0.171 e. The maximum atomic E-state index is 8.69. The van der Waals surface area contributed by atoms with Gasteiger partial charge in [0.15, 0.2) is 12.4 Å². The van der Waals surface area contributed by atoms with E-state index in [4.69, 9.17) is 5.11 Å². The molecule has 0 aliphatic carbocycles. The second-order valence-electron chi connectivity index (χ2n) is 5.88. The van der Waals surface area contributed by atoms with Crippen molar-refractivity contribution in [3.63, 3.8) is 0 Å². The highest BCUT2D eigenvalue weighted by Gasteiger charge is 1.99. The highest BCUT2D eigenvalue weighted by Crippen LogP contribution is 2.10. The van der Waals surface area contributed by atoms with Crippen LogP contribution in [-0.4, -0.2) is 11.7 Å². The first-order valence-electron chi connectivity index (χ1n) is 8.39. The van der Waals surface area contributed by atoms with E-state index in [1.54, 1.807) is 0 Å². The fourth-order valence-corrected chi connectivity index (χ4v) is 2.61. The Hall–Kier alpha value is -0.600. The number of nitrogens with zero attached hydrogens (tertiary/aromatic N) is 1. The summed E-state index contributed by atoms with van der Waals surface area (Å²) in [4.78, 5) is 0. The summed E-state index contributed by atoms with van der Waals surface area (Å²) in [6, 6.07) is 4.28. The number of aryl methyl sites for hydroxylation is 2. The van der Waals surface area contributed by atoms with Crippen molar-refractivity contribution in [3.8, 4) is 0 Å². The SMILES string of the molecule is Cc1ccc[n+](CCCCCCCCCCCCO)c1.[Cl-]. The molecule has 0 atom stereocenters. The van der Waals surface area contributed by atoms with Gasteiger partial charge in [-0.2, -0.15) is 0 Å². The maximum absolute atomic E-state index is 8.69. The molecule has 0 aliphatic heterocycles. The van der Waals surface area contributed by atoms with Crippen LogP contribution in [0, 0.1) is 6.92 Å². The van der Waals surface area contributed by atoms with Crippen LogP contribution in [-0.2, 0) is 6.54 Å². The Morgan fingerprint density at radius 3 is 1.90 bits per heavy atom. The quantitative estimate of drug-likeness (QED) is 0.455. The first kappa shape index (κ1) is 20.4. The molecule has 0 radical (unpaired) electrons. The van der Waals surface area contributed by atoms with Gasteiger partial charge >= 0.3 is 0 Å². The minimum Gasteiger partial charge on any atom is -1.00 e. The molecule has 1 N–H and O–H groups in total. The van der Waals surface area contributed by atoms with Gasteiger partial charge in [-0.25, -0.2) is 4.57 Å². The van der Waals surface area contributed by atoms with E-state index >= 15 is 0 Å². The lowest BCUT2D eigenvalue weighted by Crippen LogP contribution is -3.00. The zero-order valence-corrected chi connectivity index (χ0v) is 14.3. The first-order chi connectivity index (χ1) is 9.83. The van der Waals surface area contributed by atoms with Gasteiger partial charge in [-0.1, -0.05) is 44.9 Å². The Balaban J connectivity index is 0.00000400. The standard InChI is InChI=1S/C18H32NO.ClH/c1-18-13-12-15-19(17-18)14-10-8-6-4-2-3-5-7-9-11-16-20;/h12-13,15,17,20H,2-11,14,16H2,1H3;1H/q+1;/p-1. The molecule has 122 valence electrons. The third kappa shape index (κ3) is 11.7. The number of aliphatic hydroxyl groups is 1. The number of aromatic nitrogens is 1. The first-order valence-corrected chi connectivity index (χ1v) is 8.39. The van der Waals surface area contributed by atoms with E-state index in [-0.39, 0.29) is 12.4 Å². The summed E-state index contributed by atoms with van der Waals surface area (Å²) in [7, 11) is 0. The van der Waals surface area contributed by atoms with Crippen molar-refractivity contribution >= 4 is 0 Å². The molecule has 0 bridgehead atoms. The number of unbranched alkanes of at least 4 members (excludes halogenated alkanes) is 9. The van der Waals surface area contributed by atoms with Gasteiger partial charge in [0.1, 0.15) is 6.54 Å². The van der Waals surface area contributed by atoms with Gasteiger partial charge in [0.2, 0.25) is 0 Å². The van der Waals surface area contributed by atoms with Crippen molar-refractivity contribution in [2.45, 2.75) is 77.7 Å². The molecule has 0 fully saturated rings. The van der Waals surface area contributed by atoms with Crippen LogP contribution in [0.4, 0.5) is 0 Å². The van der Waals surface area contributed by atoms with Gasteiger partial charge in [-0.15, -0.1) is 0 Å². The number of hydrogen-bond donors (Lipinski definition) is 1. The zero-order valence-electron chi connectivity index (χ0n) is 13.6. The molecule has 1 aromatic rings. The lowest BCUT2D eigenvalue weighted by Gasteiger charge is -2.02. The molecule has 1 rings (SSSR count). The second-order valence-corrected chi connectivity index (χ2v) is 5.88. The number of pyridine rings is 1. The van der Waals surface area contributed by atoms with Gasteiger partial charge < -0.3 is 17.5 Å². The average molecular weight is 314 g/mol. The van der Waals surface area contributed by atoms with Crippen LogP contribution < -0.4 is 17.0 Å². The van der Waals surface area contributed by atoms with Crippen molar-refractivity contribution in [1.82, 2.24) is 0 Å². The van der Waals surface area contributed by atoms with Crippen LogP contribution in [0.5, 0.6) is 0 Å². The third-order valence-corrected chi connectivity index (χ3v) is 3.83. The highest BCUT2D eigenvalue weighted by atomic mass is 35.5. The number of rotatable bonds is 12. The van der Waals surface area contributed by atoms with E-state index in [9.17, 15) is 0 Å². The zero-order chi connectivity index (χ0) is 14.5. The van der Waals surface area contributed by atoms with Crippen LogP contribution >= 0.6 is 0 Å². The fourth-order valence-electron chi connectivity index (χ4n) is 2.61. The number of hydrogen-bond acceptors (Lipinski definition) is 1. The van der Waals surface area contributed by atoms with Crippen molar-refractivity contribution in [2.75, 3.05) is 6.61 Å². The molecule has 3 heteroatoms. The topological polar surface area (TPSA) is 24.1 Å². The average Bonchev–Trinajstić information content (AvgIpc) is 2.45. The summed E-state index contributed by atoms with van der Waals surface area (Å²) in [6.07, 6.45) is 17.4. The summed E-state index contributed by atoms with van der Waals surface area (Å²) in [5.41, 5.74) is 1.34. The van der Waals surface area contributed by atoms with Gasteiger partial charge in [0.25, 0.3) is 0 Å². The summed E-state index contributed by atoms with van der Waals surface area (Å²) < 4.78 is 2.30. The molecular formula is C18H32ClNO. The van der Waals surface area contributed by atoms with E-state index in [0.717, 1.165) is 13.0 Å². The number of halogens is 1. The Kier molecular flexibility index (Phi) is 13.9. The van der Waals surface area contributed by atoms with Gasteiger partial charge in [0.05, 0.1) is 0 Å². The minimum atomic E-state index is 0. The van der Waals surface area contributed by atoms with Crippen molar-refractivity contribution in [1.29, 1.82) is 0 Å². The van der Waals surface area contributed by atoms with E-state index in [0.29, 0.717) is 6.61 Å². The molecule has 0 saturated heterocycles. The molecule has 1 heterocycles. The predicted octanol–water partition coefficient (Wildman–Crippen LogP) is 1.18. The van der Waals surface area contributed by atoms with Crippen LogP contribution in [0.3, 0.4) is 0 Å². The Bertz CT molecular complexity index is 344. The van der Waals surface area contributed by atoms with Crippen molar-refractivity contribution in [3.05, 3.63) is 30.1 Å². The molecule has 0 spiro atoms. The van der Waals surface area contributed by atoms with Crippen LogP contribution in [0.2, 0.25) is 0 Å². The summed E-state index contributed by atoms with van der Waals surface area (Å²) >= 11 is 0. The molecule has 0 amide bonds. The third-order valence-electron chi connectivity index (χ3n) is 3.83. The molecule has 2 nitrogen and oxygen atoms in total.